The topological polar surface area (TPSA) is 62.2 Å². The maximum Gasteiger partial charge on any atom is 0.335 e. The Labute approximate surface area is 136 Å². The monoisotopic (exact) mass is 310 g/mol. The number of rotatable bonds is 5. The SMILES string of the molecule is CCc1cc(CCc2ccc3c(n2)NCCC3)ccc1C(=O)O. The van der Waals surface area contributed by atoms with E-state index in [4.69, 9.17) is 4.98 Å². The molecule has 0 atom stereocenters. The molecule has 3 rings (SSSR count). The molecule has 2 aromatic rings. The number of fused-ring (bicyclic) bond motifs is 1. The predicted molar refractivity (Wildman–Crippen MR) is 91.2 cm³/mol. The molecule has 1 aromatic carbocycles. The van der Waals surface area contributed by atoms with E-state index in [1.165, 1.54) is 17.5 Å². The molecule has 2 heterocycles. The number of pyridine rings is 1. The molecular weight excluding hydrogens is 288 g/mol. The van der Waals surface area contributed by atoms with Crippen molar-refractivity contribution < 1.29 is 9.90 Å². The zero-order valence-electron chi connectivity index (χ0n) is 13.4. The number of nitrogens with zero attached hydrogens (tertiary/aromatic N) is 1. The Balaban J connectivity index is 1.72. The molecule has 2 N–H and O–H groups in total. The number of carboxylic acid groups (broad SMARTS) is 1. The summed E-state index contributed by atoms with van der Waals surface area (Å²) < 4.78 is 0. The fraction of sp³-hybridized carbons (Fsp3) is 0.368. The van der Waals surface area contributed by atoms with Crippen molar-refractivity contribution >= 4 is 11.8 Å². The molecule has 0 spiro atoms. The minimum Gasteiger partial charge on any atom is -0.478 e. The second-order valence-electron chi connectivity index (χ2n) is 5.99. The number of hydrogen-bond acceptors (Lipinski definition) is 3. The highest BCUT2D eigenvalue weighted by molar-refractivity contribution is 5.89. The van der Waals surface area contributed by atoms with Gasteiger partial charge in [-0.3, -0.25) is 0 Å². The first-order valence-corrected chi connectivity index (χ1v) is 8.25. The zero-order chi connectivity index (χ0) is 16.2. The van der Waals surface area contributed by atoms with Gasteiger partial charge >= 0.3 is 5.97 Å². The summed E-state index contributed by atoms with van der Waals surface area (Å²) in [6, 6.07) is 9.94. The zero-order valence-corrected chi connectivity index (χ0v) is 13.4. The normalized spacial score (nSPS) is 13.3. The van der Waals surface area contributed by atoms with Crippen molar-refractivity contribution in [1.82, 2.24) is 4.98 Å². The molecule has 120 valence electrons. The van der Waals surface area contributed by atoms with E-state index < -0.39 is 5.97 Å². The number of anilines is 1. The van der Waals surface area contributed by atoms with Crippen LogP contribution >= 0.6 is 0 Å². The Bertz CT molecular complexity index is 725. The first kappa shape index (κ1) is 15.5. The summed E-state index contributed by atoms with van der Waals surface area (Å²) in [6.07, 6.45) is 4.75. The van der Waals surface area contributed by atoms with Gasteiger partial charge in [-0.05, 0) is 60.9 Å². The third-order valence-electron chi connectivity index (χ3n) is 4.40. The second-order valence-corrected chi connectivity index (χ2v) is 5.99. The molecular formula is C19H22N2O2. The molecule has 0 radical (unpaired) electrons. The lowest BCUT2D eigenvalue weighted by Crippen LogP contribution is -2.14. The molecule has 0 bridgehead atoms. The Kier molecular flexibility index (Phi) is 4.60. The molecule has 1 aliphatic heterocycles. The number of benzene rings is 1. The van der Waals surface area contributed by atoms with Crippen LogP contribution in [0.1, 0.15) is 46.1 Å². The van der Waals surface area contributed by atoms with E-state index in [-0.39, 0.29) is 0 Å². The Morgan fingerprint density at radius 1 is 1.26 bits per heavy atom. The summed E-state index contributed by atoms with van der Waals surface area (Å²) >= 11 is 0. The first-order chi connectivity index (χ1) is 11.2. The standard InChI is InChI=1S/C19H22N2O2/c1-2-14-12-13(6-10-17(14)19(22)23)5-8-16-9-7-15-4-3-11-20-18(15)21-16/h6-7,9-10,12H,2-5,8,11H2,1H3,(H,20,21)(H,22,23). The van der Waals surface area contributed by atoms with Gasteiger partial charge in [0.05, 0.1) is 5.56 Å². The maximum absolute atomic E-state index is 11.2. The van der Waals surface area contributed by atoms with Gasteiger partial charge < -0.3 is 10.4 Å². The van der Waals surface area contributed by atoms with Gasteiger partial charge in [0.2, 0.25) is 0 Å². The highest BCUT2D eigenvalue weighted by Crippen LogP contribution is 2.21. The lowest BCUT2D eigenvalue weighted by atomic mass is 9.98. The number of nitrogens with one attached hydrogen (secondary N) is 1. The van der Waals surface area contributed by atoms with Gasteiger partial charge in [0, 0.05) is 12.2 Å². The number of carboxylic acids is 1. The molecule has 4 heteroatoms. The highest BCUT2D eigenvalue weighted by Gasteiger charge is 2.11. The summed E-state index contributed by atoms with van der Waals surface area (Å²) in [4.78, 5) is 15.9. The molecule has 23 heavy (non-hydrogen) atoms. The van der Waals surface area contributed by atoms with E-state index >= 15 is 0 Å². The maximum atomic E-state index is 11.2. The van der Waals surface area contributed by atoms with Crippen LogP contribution in [0.15, 0.2) is 30.3 Å². The van der Waals surface area contributed by atoms with Gasteiger partial charge in [0.25, 0.3) is 0 Å². The number of carbonyl (C=O) groups is 1. The molecule has 4 nitrogen and oxygen atoms in total. The average Bonchev–Trinajstić information content (AvgIpc) is 2.59. The van der Waals surface area contributed by atoms with Gasteiger partial charge in [-0.15, -0.1) is 0 Å². The van der Waals surface area contributed by atoms with Gasteiger partial charge in [-0.1, -0.05) is 25.1 Å². The van der Waals surface area contributed by atoms with Crippen molar-refractivity contribution in [1.29, 1.82) is 0 Å². The fourth-order valence-corrected chi connectivity index (χ4v) is 3.08. The number of aryl methyl sites for hydroxylation is 4. The first-order valence-electron chi connectivity index (χ1n) is 8.25. The van der Waals surface area contributed by atoms with Crippen LogP contribution in [0.2, 0.25) is 0 Å². The van der Waals surface area contributed by atoms with Crippen LogP contribution in [0.5, 0.6) is 0 Å². The summed E-state index contributed by atoms with van der Waals surface area (Å²) in [5.74, 6) is 0.181. The van der Waals surface area contributed by atoms with Gasteiger partial charge in [-0.25, -0.2) is 9.78 Å². The van der Waals surface area contributed by atoms with Crippen molar-refractivity contribution in [2.45, 2.75) is 39.0 Å². The Hall–Kier alpha value is -2.36. The Morgan fingerprint density at radius 2 is 2.13 bits per heavy atom. The van der Waals surface area contributed by atoms with Crippen molar-refractivity contribution in [2.75, 3.05) is 11.9 Å². The second kappa shape index (κ2) is 6.82. The summed E-state index contributed by atoms with van der Waals surface area (Å²) in [7, 11) is 0. The van der Waals surface area contributed by atoms with E-state index in [1.807, 2.05) is 19.1 Å². The van der Waals surface area contributed by atoms with E-state index in [9.17, 15) is 9.90 Å². The molecule has 1 aromatic heterocycles. The van der Waals surface area contributed by atoms with E-state index in [2.05, 4.69) is 17.4 Å². The third kappa shape index (κ3) is 3.52. The highest BCUT2D eigenvalue weighted by atomic mass is 16.4. The van der Waals surface area contributed by atoms with Gasteiger partial charge in [0.15, 0.2) is 0 Å². The van der Waals surface area contributed by atoms with Gasteiger partial charge in [-0.2, -0.15) is 0 Å². The van der Waals surface area contributed by atoms with E-state index in [0.717, 1.165) is 49.3 Å². The molecule has 0 fully saturated rings. The minimum absolute atomic E-state index is 0.410. The number of hydrogen-bond donors (Lipinski definition) is 2. The van der Waals surface area contributed by atoms with Crippen LogP contribution in [0, 0.1) is 0 Å². The molecule has 0 aliphatic carbocycles. The molecule has 0 unspecified atom stereocenters. The van der Waals surface area contributed by atoms with Crippen LogP contribution in [0.3, 0.4) is 0 Å². The summed E-state index contributed by atoms with van der Waals surface area (Å²) in [6.45, 7) is 2.99. The largest absolute Gasteiger partial charge is 0.478 e. The smallest absolute Gasteiger partial charge is 0.335 e. The van der Waals surface area contributed by atoms with Crippen LogP contribution in [-0.4, -0.2) is 22.6 Å². The summed E-state index contributed by atoms with van der Waals surface area (Å²) in [5.41, 5.74) is 4.86. The lowest BCUT2D eigenvalue weighted by molar-refractivity contribution is 0.0695. The predicted octanol–water partition coefficient (Wildman–Crippen LogP) is 3.49. The van der Waals surface area contributed by atoms with Crippen molar-refractivity contribution in [2.24, 2.45) is 0 Å². The third-order valence-corrected chi connectivity index (χ3v) is 4.40. The number of aromatic nitrogens is 1. The molecule has 0 saturated carbocycles. The van der Waals surface area contributed by atoms with Crippen molar-refractivity contribution in [3.05, 3.63) is 58.3 Å². The van der Waals surface area contributed by atoms with Gasteiger partial charge in [0.1, 0.15) is 5.82 Å². The molecule has 0 saturated heterocycles. The van der Waals surface area contributed by atoms with Crippen molar-refractivity contribution in [3.63, 3.8) is 0 Å². The minimum atomic E-state index is -0.851. The molecule has 0 amide bonds. The number of aromatic carboxylic acids is 1. The van der Waals surface area contributed by atoms with Crippen LogP contribution < -0.4 is 5.32 Å². The van der Waals surface area contributed by atoms with Crippen molar-refractivity contribution in [3.8, 4) is 0 Å². The van der Waals surface area contributed by atoms with E-state index in [1.54, 1.807) is 6.07 Å². The lowest BCUT2D eigenvalue weighted by Gasteiger charge is -2.17. The van der Waals surface area contributed by atoms with E-state index in [0.29, 0.717) is 5.56 Å². The van der Waals surface area contributed by atoms with Crippen LogP contribution in [-0.2, 0) is 25.7 Å². The summed E-state index contributed by atoms with van der Waals surface area (Å²) in [5, 5.41) is 12.6. The van der Waals surface area contributed by atoms with Crippen LogP contribution in [0.4, 0.5) is 5.82 Å². The molecule has 1 aliphatic rings. The Morgan fingerprint density at radius 3 is 2.91 bits per heavy atom. The van der Waals surface area contributed by atoms with Crippen LogP contribution in [0.25, 0.3) is 0 Å². The fourth-order valence-electron chi connectivity index (χ4n) is 3.08. The quantitative estimate of drug-likeness (QED) is 0.887. The average molecular weight is 310 g/mol.